The van der Waals surface area contributed by atoms with Gasteiger partial charge in [0.05, 0.1) is 0 Å². The molecule has 0 aromatic carbocycles. The van der Waals surface area contributed by atoms with Gasteiger partial charge in [0.2, 0.25) is 0 Å². The van der Waals surface area contributed by atoms with E-state index in [0.717, 1.165) is 6.42 Å². The zero-order chi connectivity index (χ0) is 8.91. The largest absolute Gasteiger partial charge is 0.344 e. The predicted octanol–water partition coefficient (Wildman–Crippen LogP) is 2.71. The maximum absolute atomic E-state index is 10.9. The molecule has 0 aromatic rings. The van der Waals surface area contributed by atoms with Gasteiger partial charge in [-0.2, -0.15) is 0 Å². The van der Waals surface area contributed by atoms with Crippen LogP contribution in [0.25, 0.3) is 0 Å². The van der Waals surface area contributed by atoms with Gasteiger partial charge in [-0.05, 0) is 12.3 Å². The fourth-order valence-corrected chi connectivity index (χ4v) is 2.02. The first-order valence-corrected chi connectivity index (χ1v) is 6.54. The molecule has 0 radical (unpaired) electrons. The van der Waals surface area contributed by atoms with Crippen molar-refractivity contribution in [2.45, 2.75) is 33.1 Å². The summed E-state index contributed by atoms with van der Waals surface area (Å²) in [6.07, 6.45) is 3.70. The van der Waals surface area contributed by atoms with Crippen molar-refractivity contribution in [2.75, 3.05) is 12.8 Å². The van der Waals surface area contributed by atoms with E-state index in [1.165, 1.54) is 19.5 Å². The van der Waals surface area contributed by atoms with Gasteiger partial charge < -0.3 is 4.89 Å². The molecule has 0 aliphatic rings. The van der Waals surface area contributed by atoms with Crippen LogP contribution in [0.4, 0.5) is 0 Å². The molecule has 1 N–H and O–H groups in total. The maximum Gasteiger partial charge on any atom is 0.197 e. The van der Waals surface area contributed by atoms with Crippen LogP contribution in [-0.2, 0) is 4.57 Å². The molecule has 0 heterocycles. The van der Waals surface area contributed by atoms with E-state index in [2.05, 4.69) is 13.8 Å². The highest BCUT2D eigenvalue weighted by Crippen LogP contribution is 2.37. The molecule has 68 valence electrons. The summed E-state index contributed by atoms with van der Waals surface area (Å²) < 4.78 is 10.9. The van der Waals surface area contributed by atoms with Gasteiger partial charge in [0, 0.05) is 12.8 Å². The average molecular weight is 178 g/mol. The van der Waals surface area contributed by atoms with Crippen molar-refractivity contribution in [3.8, 4) is 0 Å². The maximum atomic E-state index is 10.9. The highest BCUT2D eigenvalue weighted by Gasteiger charge is 2.11. The Labute approximate surface area is 69.5 Å². The van der Waals surface area contributed by atoms with Crippen LogP contribution in [0.15, 0.2) is 0 Å². The van der Waals surface area contributed by atoms with Crippen LogP contribution < -0.4 is 0 Å². The van der Waals surface area contributed by atoms with E-state index in [4.69, 9.17) is 4.89 Å². The number of hydrogen-bond donors (Lipinski definition) is 1. The Morgan fingerprint density at radius 3 is 2.36 bits per heavy atom. The first-order chi connectivity index (χ1) is 4.95. The summed E-state index contributed by atoms with van der Waals surface area (Å²) in [6, 6.07) is 0. The zero-order valence-corrected chi connectivity index (χ0v) is 8.60. The molecule has 0 aromatic heterocycles. The third-order valence-corrected chi connectivity index (χ3v) is 2.91. The summed E-state index contributed by atoms with van der Waals surface area (Å²) in [5, 5.41) is 0. The Bertz CT molecular complexity index is 139. The summed E-state index contributed by atoms with van der Waals surface area (Å²) in [5.41, 5.74) is 0. The van der Waals surface area contributed by atoms with Crippen LogP contribution in [0.1, 0.15) is 33.1 Å². The van der Waals surface area contributed by atoms with Crippen LogP contribution in [0.3, 0.4) is 0 Å². The minimum atomic E-state index is -2.74. The summed E-state index contributed by atoms with van der Waals surface area (Å²) in [5.74, 6) is 0.598. The quantitative estimate of drug-likeness (QED) is 0.657. The van der Waals surface area contributed by atoms with Gasteiger partial charge in [0.25, 0.3) is 0 Å². The van der Waals surface area contributed by atoms with Crippen LogP contribution in [0.2, 0.25) is 0 Å². The molecule has 2 unspecified atom stereocenters. The van der Waals surface area contributed by atoms with Gasteiger partial charge in [0.15, 0.2) is 7.37 Å². The van der Waals surface area contributed by atoms with E-state index in [-0.39, 0.29) is 0 Å². The monoisotopic (exact) mass is 178 g/mol. The molecule has 0 rings (SSSR count). The van der Waals surface area contributed by atoms with Crippen molar-refractivity contribution < 1.29 is 9.46 Å². The van der Waals surface area contributed by atoms with Crippen molar-refractivity contribution in [2.24, 2.45) is 5.92 Å². The van der Waals surface area contributed by atoms with E-state index in [1.807, 2.05) is 0 Å². The molecular formula is C8H19O2P. The molecule has 2 nitrogen and oxygen atoms in total. The Hall–Kier alpha value is 0.190. The fourth-order valence-electron chi connectivity index (χ4n) is 1.10. The second-order valence-electron chi connectivity index (χ2n) is 3.46. The standard InChI is InChI=1S/C8H19O2P/c1-4-5-8(2)6-7-11(3,9)10/h8H,4-7H2,1-3H3,(H,9,10). The number of rotatable bonds is 5. The SMILES string of the molecule is CCCC(C)CCP(C)(=O)O. The number of hydrogen-bond acceptors (Lipinski definition) is 1. The lowest BCUT2D eigenvalue weighted by atomic mass is 10.0. The lowest BCUT2D eigenvalue weighted by molar-refractivity contribution is 0.461. The lowest BCUT2D eigenvalue weighted by Gasteiger charge is -2.10. The molecule has 0 amide bonds. The molecule has 2 atom stereocenters. The Balaban J connectivity index is 3.46. The average Bonchev–Trinajstić information content (AvgIpc) is 1.83. The molecule has 3 heteroatoms. The molecule has 11 heavy (non-hydrogen) atoms. The Morgan fingerprint density at radius 2 is 2.00 bits per heavy atom. The molecule has 0 fully saturated rings. The van der Waals surface area contributed by atoms with E-state index in [9.17, 15) is 4.57 Å². The van der Waals surface area contributed by atoms with Crippen LogP contribution in [-0.4, -0.2) is 17.7 Å². The van der Waals surface area contributed by atoms with Gasteiger partial charge in [-0.25, -0.2) is 0 Å². The van der Waals surface area contributed by atoms with Crippen LogP contribution >= 0.6 is 7.37 Å². The summed E-state index contributed by atoms with van der Waals surface area (Å²) in [7, 11) is -2.74. The summed E-state index contributed by atoms with van der Waals surface area (Å²) >= 11 is 0. The topological polar surface area (TPSA) is 37.3 Å². The summed E-state index contributed by atoms with van der Waals surface area (Å²) in [6.45, 7) is 5.71. The van der Waals surface area contributed by atoms with Crippen molar-refractivity contribution in [3.05, 3.63) is 0 Å². The predicted molar refractivity (Wildman–Crippen MR) is 49.3 cm³/mol. The van der Waals surface area contributed by atoms with Gasteiger partial charge >= 0.3 is 0 Å². The van der Waals surface area contributed by atoms with Gasteiger partial charge in [-0.1, -0.05) is 26.7 Å². The highest BCUT2D eigenvalue weighted by molar-refractivity contribution is 7.57. The smallest absolute Gasteiger partial charge is 0.197 e. The van der Waals surface area contributed by atoms with Crippen molar-refractivity contribution >= 4 is 7.37 Å². The molecule has 0 saturated heterocycles. The second-order valence-corrected chi connectivity index (χ2v) is 6.01. The Kier molecular flexibility index (Phi) is 5.03. The lowest BCUT2D eigenvalue weighted by Crippen LogP contribution is -1.98. The molecular weight excluding hydrogens is 159 g/mol. The van der Waals surface area contributed by atoms with Gasteiger partial charge in [-0.15, -0.1) is 0 Å². The normalized spacial score (nSPS) is 19.3. The van der Waals surface area contributed by atoms with Gasteiger partial charge in [-0.3, -0.25) is 4.57 Å². The van der Waals surface area contributed by atoms with Crippen molar-refractivity contribution in [1.29, 1.82) is 0 Å². The Morgan fingerprint density at radius 1 is 1.45 bits per heavy atom. The van der Waals surface area contributed by atoms with E-state index < -0.39 is 7.37 Å². The van der Waals surface area contributed by atoms with Crippen molar-refractivity contribution in [3.63, 3.8) is 0 Å². The molecule has 0 aliphatic heterocycles. The zero-order valence-electron chi connectivity index (χ0n) is 7.71. The molecule has 0 spiro atoms. The minimum Gasteiger partial charge on any atom is -0.344 e. The third-order valence-electron chi connectivity index (χ3n) is 1.82. The van der Waals surface area contributed by atoms with E-state index >= 15 is 0 Å². The molecule has 0 bridgehead atoms. The molecule has 0 saturated carbocycles. The minimum absolute atomic E-state index is 0.480. The van der Waals surface area contributed by atoms with E-state index in [1.54, 1.807) is 0 Å². The van der Waals surface area contributed by atoms with Crippen LogP contribution in [0, 0.1) is 5.92 Å². The second kappa shape index (κ2) is 4.95. The first-order valence-electron chi connectivity index (χ1n) is 4.25. The highest BCUT2D eigenvalue weighted by atomic mass is 31.2. The summed E-state index contributed by atoms with van der Waals surface area (Å²) in [4.78, 5) is 8.99. The van der Waals surface area contributed by atoms with Crippen molar-refractivity contribution in [1.82, 2.24) is 0 Å². The van der Waals surface area contributed by atoms with Gasteiger partial charge in [0.1, 0.15) is 0 Å². The fraction of sp³-hybridized carbons (Fsp3) is 1.00. The third kappa shape index (κ3) is 8.09. The first kappa shape index (κ1) is 11.2. The molecule has 0 aliphatic carbocycles. The van der Waals surface area contributed by atoms with Crippen LogP contribution in [0.5, 0.6) is 0 Å². The van der Waals surface area contributed by atoms with E-state index in [0.29, 0.717) is 12.1 Å².